The highest BCUT2D eigenvalue weighted by molar-refractivity contribution is 4.81. The largest absolute Gasteiger partial charge is 0.314 e. The zero-order chi connectivity index (χ0) is 13.2. The lowest BCUT2D eigenvalue weighted by molar-refractivity contribution is 0.201. The molecule has 2 heteroatoms. The molecular weight excluding hydrogens is 220 g/mol. The first kappa shape index (κ1) is 16.0. The minimum absolute atomic E-state index is 0.776. The quantitative estimate of drug-likeness (QED) is 0.665. The second kappa shape index (κ2) is 9.80. The molecule has 2 nitrogen and oxygen atoms in total. The Morgan fingerprint density at radius 1 is 1.00 bits per heavy atom. The van der Waals surface area contributed by atoms with Crippen molar-refractivity contribution in [2.45, 2.75) is 71.8 Å². The molecule has 1 saturated carbocycles. The van der Waals surface area contributed by atoms with Gasteiger partial charge in [0.15, 0.2) is 0 Å². The van der Waals surface area contributed by atoms with Crippen molar-refractivity contribution < 1.29 is 0 Å². The van der Waals surface area contributed by atoms with Gasteiger partial charge in [0.05, 0.1) is 0 Å². The highest BCUT2D eigenvalue weighted by Crippen LogP contribution is 2.24. The van der Waals surface area contributed by atoms with Crippen molar-refractivity contribution in [3.8, 4) is 0 Å². The van der Waals surface area contributed by atoms with Crippen molar-refractivity contribution >= 4 is 0 Å². The lowest BCUT2D eigenvalue weighted by Gasteiger charge is -2.31. The molecule has 0 aromatic carbocycles. The molecule has 0 saturated heterocycles. The van der Waals surface area contributed by atoms with E-state index in [1.54, 1.807) is 0 Å². The summed E-state index contributed by atoms with van der Waals surface area (Å²) in [4.78, 5) is 2.65. The average Bonchev–Trinajstić information content (AvgIpc) is 2.61. The molecule has 0 bridgehead atoms. The summed E-state index contributed by atoms with van der Waals surface area (Å²) >= 11 is 0. The Kier molecular flexibility index (Phi) is 8.70. The summed E-state index contributed by atoms with van der Waals surface area (Å²) in [6.07, 6.45) is 9.69. The molecule has 0 amide bonds. The van der Waals surface area contributed by atoms with Crippen LogP contribution in [0.4, 0.5) is 0 Å². The van der Waals surface area contributed by atoms with Crippen LogP contribution in [-0.4, -0.2) is 37.1 Å². The number of nitrogens with one attached hydrogen (secondary N) is 1. The second-order valence-corrected chi connectivity index (χ2v) is 5.85. The first-order valence-electron chi connectivity index (χ1n) is 8.27. The minimum Gasteiger partial charge on any atom is -0.314 e. The number of rotatable bonds is 8. The van der Waals surface area contributed by atoms with E-state index in [0.29, 0.717) is 0 Å². The lowest BCUT2D eigenvalue weighted by Crippen LogP contribution is -2.42. The third kappa shape index (κ3) is 5.71. The molecule has 18 heavy (non-hydrogen) atoms. The van der Waals surface area contributed by atoms with E-state index < -0.39 is 0 Å². The average molecular weight is 254 g/mol. The fourth-order valence-electron chi connectivity index (χ4n) is 3.23. The van der Waals surface area contributed by atoms with Crippen LogP contribution < -0.4 is 5.32 Å². The van der Waals surface area contributed by atoms with Crippen LogP contribution in [0.5, 0.6) is 0 Å². The second-order valence-electron chi connectivity index (χ2n) is 5.85. The van der Waals surface area contributed by atoms with Crippen molar-refractivity contribution in [3.05, 3.63) is 0 Å². The van der Waals surface area contributed by atoms with E-state index in [-0.39, 0.29) is 0 Å². The monoisotopic (exact) mass is 254 g/mol. The maximum atomic E-state index is 3.81. The van der Waals surface area contributed by atoms with Crippen molar-refractivity contribution in [1.29, 1.82) is 0 Å². The first-order valence-corrected chi connectivity index (χ1v) is 8.27. The van der Waals surface area contributed by atoms with Crippen LogP contribution in [0.1, 0.15) is 65.7 Å². The van der Waals surface area contributed by atoms with Gasteiger partial charge in [-0.15, -0.1) is 0 Å². The summed E-state index contributed by atoms with van der Waals surface area (Å²) < 4.78 is 0. The Labute approximate surface area is 115 Å². The van der Waals surface area contributed by atoms with Crippen molar-refractivity contribution in [2.24, 2.45) is 5.92 Å². The Balaban J connectivity index is 2.48. The number of hydrogen-bond donors (Lipinski definition) is 1. The Morgan fingerprint density at radius 2 is 1.78 bits per heavy atom. The molecule has 108 valence electrons. The van der Waals surface area contributed by atoms with Crippen molar-refractivity contribution in [2.75, 3.05) is 26.2 Å². The summed E-state index contributed by atoms with van der Waals surface area (Å²) in [5, 5.41) is 3.81. The molecule has 0 aliphatic heterocycles. The molecule has 1 fully saturated rings. The molecule has 2 atom stereocenters. The maximum Gasteiger partial charge on any atom is 0.0107 e. The van der Waals surface area contributed by atoms with Gasteiger partial charge in [-0.2, -0.15) is 0 Å². The molecule has 1 aliphatic carbocycles. The molecule has 0 heterocycles. The van der Waals surface area contributed by atoms with E-state index in [0.717, 1.165) is 12.0 Å². The molecule has 0 aromatic rings. The third-order valence-electron chi connectivity index (χ3n) is 4.30. The van der Waals surface area contributed by atoms with Gasteiger partial charge in [0, 0.05) is 12.6 Å². The molecule has 1 rings (SSSR count). The molecule has 0 radical (unpaired) electrons. The van der Waals surface area contributed by atoms with Gasteiger partial charge in [-0.05, 0) is 51.2 Å². The van der Waals surface area contributed by atoms with E-state index >= 15 is 0 Å². The van der Waals surface area contributed by atoms with Gasteiger partial charge < -0.3 is 10.2 Å². The van der Waals surface area contributed by atoms with Crippen LogP contribution in [0.2, 0.25) is 0 Å². The molecule has 0 spiro atoms. The predicted molar refractivity (Wildman–Crippen MR) is 81.1 cm³/mol. The highest BCUT2D eigenvalue weighted by Gasteiger charge is 2.24. The minimum atomic E-state index is 0.776. The van der Waals surface area contributed by atoms with E-state index in [2.05, 4.69) is 31.0 Å². The van der Waals surface area contributed by atoms with Crippen molar-refractivity contribution in [3.63, 3.8) is 0 Å². The molecule has 0 aromatic heterocycles. The fraction of sp³-hybridized carbons (Fsp3) is 1.00. The van der Waals surface area contributed by atoms with Gasteiger partial charge in [-0.25, -0.2) is 0 Å². The van der Waals surface area contributed by atoms with Gasteiger partial charge in [-0.1, -0.05) is 40.0 Å². The van der Waals surface area contributed by atoms with Crippen LogP contribution >= 0.6 is 0 Å². The topological polar surface area (TPSA) is 15.3 Å². The van der Waals surface area contributed by atoms with E-state index in [1.165, 1.54) is 71.1 Å². The van der Waals surface area contributed by atoms with Crippen LogP contribution in [-0.2, 0) is 0 Å². The van der Waals surface area contributed by atoms with E-state index in [1.807, 2.05) is 0 Å². The maximum absolute atomic E-state index is 3.81. The normalized spacial score (nSPS) is 25.3. The van der Waals surface area contributed by atoms with E-state index in [9.17, 15) is 0 Å². The number of hydrogen-bond acceptors (Lipinski definition) is 2. The summed E-state index contributed by atoms with van der Waals surface area (Å²) in [6, 6.07) is 0.776. The zero-order valence-corrected chi connectivity index (χ0v) is 12.9. The van der Waals surface area contributed by atoms with Gasteiger partial charge in [0.25, 0.3) is 0 Å². The van der Waals surface area contributed by atoms with Crippen LogP contribution in [0.25, 0.3) is 0 Å². The van der Waals surface area contributed by atoms with Gasteiger partial charge in [-0.3, -0.25) is 0 Å². The van der Waals surface area contributed by atoms with E-state index in [4.69, 9.17) is 0 Å². The smallest absolute Gasteiger partial charge is 0.0107 e. The van der Waals surface area contributed by atoms with Crippen molar-refractivity contribution in [1.82, 2.24) is 10.2 Å². The van der Waals surface area contributed by atoms with Gasteiger partial charge in [0.1, 0.15) is 0 Å². The van der Waals surface area contributed by atoms with Gasteiger partial charge >= 0.3 is 0 Å². The standard InChI is InChI=1S/C16H34N2/c1-4-12-17-16-11-9-7-8-10-15(16)14-18(6-3)13-5-2/h15-17H,4-14H2,1-3H3. The number of nitrogens with zero attached hydrogens (tertiary/aromatic N) is 1. The zero-order valence-electron chi connectivity index (χ0n) is 12.9. The molecule has 1 aliphatic rings. The van der Waals surface area contributed by atoms with Crippen LogP contribution in [0.3, 0.4) is 0 Å². The lowest BCUT2D eigenvalue weighted by atomic mass is 9.93. The molecule has 1 N–H and O–H groups in total. The molecular formula is C16H34N2. The highest BCUT2D eigenvalue weighted by atomic mass is 15.1. The van der Waals surface area contributed by atoms with Crippen LogP contribution in [0, 0.1) is 5.92 Å². The predicted octanol–water partition coefficient (Wildman–Crippen LogP) is 3.67. The fourth-order valence-corrected chi connectivity index (χ4v) is 3.23. The van der Waals surface area contributed by atoms with Gasteiger partial charge in [0.2, 0.25) is 0 Å². The third-order valence-corrected chi connectivity index (χ3v) is 4.30. The first-order chi connectivity index (χ1) is 8.81. The Bertz CT molecular complexity index is 194. The summed E-state index contributed by atoms with van der Waals surface area (Å²) in [5.41, 5.74) is 0. The molecule has 2 unspecified atom stereocenters. The van der Waals surface area contributed by atoms with Crippen LogP contribution in [0.15, 0.2) is 0 Å². The summed E-state index contributed by atoms with van der Waals surface area (Å²) in [7, 11) is 0. The summed E-state index contributed by atoms with van der Waals surface area (Å²) in [6.45, 7) is 11.9. The Hall–Kier alpha value is -0.0800. The Morgan fingerprint density at radius 3 is 2.44 bits per heavy atom. The SMILES string of the molecule is CCCNC1CCCCCC1CN(CC)CCC. The summed E-state index contributed by atoms with van der Waals surface area (Å²) in [5.74, 6) is 0.880.